The lowest BCUT2D eigenvalue weighted by molar-refractivity contribution is 1.01. The summed E-state index contributed by atoms with van der Waals surface area (Å²) in [5.41, 5.74) is 9.14. The summed E-state index contributed by atoms with van der Waals surface area (Å²) in [5.74, 6) is 0.812. The molecule has 0 saturated heterocycles. The molecule has 9 heteroatoms. The molecule has 0 aliphatic carbocycles. The van der Waals surface area contributed by atoms with Crippen LogP contribution in [-0.2, 0) is 6.42 Å². The molecular weight excluding hydrogens is 498 g/mol. The van der Waals surface area contributed by atoms with Crippen LogP contribution in [0.25, 0.3) is 50.3 Å². The van der Waals surface area contributed by atoms with E-state index in [4.69, 9.17) is 0 Å². The first-order chi connectivity index (χ1) is 19.6. The Morgan fingerprint density at radius 2 is 1.82 bits per heavy atom. The summed E-state index contributed by atoms with van der Waals surface area (Å²) in [6.45, 7) is 6.16. The number of nitrogens with one attached hydrogen (secondary N) is 3. The molecule has 0 fully saturated rings. The lowest BCUT2D eigenvalue weighted by Crippen LogP contribution is -2.02. The Bertz CT molecular complexity index is 2000. The van der Waals surface area contributed by atoms with Crippen LogP contribution in [0.2, 0.25) is 0 Å². The molecule has 0 bridgehead atoms. The van der Waals surface area contributed by atoms with Crippen molar-refractivity contribution < 1.29 is 0 Å². The second-order valence-electron chi connectivity index (χ2n) is 9.75. The lowest BCUT2D eigenvalue weighted by atomic mass is 10.1. The van der Waals surface area contributed by atoms with Crippen molar-refractivity contribution in [2.45, 2.75) is 13.3 Å². The Morgan fingerprint density at radius 1 is 0.950 bits per heavy atom. The number of nitrogens with zero attached hydrogens (tertiary/aromatic N) is 6. The molecule has 40 heavy (non-hydrogen) atoms. The zero-order valence-corrected chi connectivity index (χ0v) is 21.8. The Morgan fingerprint density at radius 3 is 2.67 bits per heavy atom. The van der Waals surface area contributed by atoms with Crippen LogP contribution in [0.1, 0.15) is 11.3 Å². The number of fused-ring (bicyclic) bond motifs is 2. The first kappa shape index (κ1) is 23.5. The number of benzene rings is 1. The van der Waals surface area contributed by atoms with Gasteiger partial charge in [-0.15, -0.1) is 0 Å². The molecule has 0 unspecified atom stereocenters. The van der Waals surface area contributed by atoms with E-state index in [9.17, 15) is 0 Å². The zero-order chi connectivity index (χ0) is 27.1. The number of imidazole rings is 1. The summed E-state index contributed by atoms with van der Waals surface area (Å²) in [6, 6.07) is 18.4. The molecule has 0 amide bonds. The number of pyridine rings is 3. The standard InChI is InChI=1S/C31H25N9/c1-19(10-21-6-4-3-5-7-21)36-24-11-22(14-32-16-24)23-12-26-29(38-39-30(26)34-15-23)28-13-25-27(37-28)8-9-33-31(25)40-17-20(2)35-18-40/h3-9,11-18,36-37H,1,10H2,2H3,(H,34,38,39). The van der Waals surface area contributed by atoms with Crippen LogP contribution >= 0.6 is 0 Å². The highest BCUT2D eigenvalue weighted by atomic mass is 15.2. The number of hydrogen-bond donors (Lipinski definition) is 3. The Kier molecular flexibility index (Phi) is 5.67. The van der Waals surface area contributed by atoms with E-state index in [0.717, 1.165) is 68.1 Å². The molecule has 7 rings (SSSR count). The summed E-state index contributed by atoms with van der Waals surface area (Å²) in [7, 11) is 0. The van der Waals surface area contributed by atoms with E-state index in [1.165, 1.54) is 5.56 Å². The van der Waals surface area contributed by atoms with Gasteiger partial charge >= 0.3 is 0 Å². The van der Waals surface area contributed by atoms with E-state index in [0.29, 0.717) is 5.65 Å². The first-order valence-electron chi connectivity index (χ1n) is 12.9. The third-order valence-electron chi connectivity index (χ3n) is 6.82. The average molecular weight is 524 g/mol. The van der Waals surface area contributed by atoms with Crippen LogP contribution in [0.4, 0.5) is 5.69 Å². The van der Waals surface area contributed by atoms with Gasteiger partial charge in [0, 0.05) is 58.8 Å². The SMILES string of the molecule is C=C(Cc1ccccc1)Nc1cncc(-c2cnc3n[nH]c(-c4cc5c(-n6cnc(C)c6)nccc5[nH]4)c3c2)c1. The number of rotatable bonds is 7. The number of hydrogen-bond acceptors (Lipinski definition) is 6. The largest absolute Gasteiger partial charge is 0.358 e. The minimum absolute atomic E-state index is 0.638. The topological polar surface area (TPSA) is 113 Å². The molecule has 0 spiro atoms. The van der Waals surface area contributed by atoms with Crippen LogP contribution in [0.3, 0.4) is 0 Å². The molecule has 0 saturated carbocycles. The quantitative estimate of drug-likeness (QED) is 0.228. The van der Waals surface area contributed by atoms with Crippen molar-refractivity contribution >= 4 is 27.6 Å². The minimum atomic E-state index is 0.638. The number of anilines is 1. The maximum atomic E-state index is 4.63. The number of allylic oxidation sites excluding steroid dienone is 1. The molecule has 0 aliphatic rings. The lowest BCUT2D eigenvalue weighted by Gasteiger charge is -2.11. The smallest absolute Gasteiger partial charge is 0.181 e. The van der Waals surface area contributed by atoms with E-state index in [1.807, 2.05) is 54.3 Å². The van der Waals surface area contributed by atoms with Crippen molar-refractivity contribution in [2.75, 3.05) is 5.32 Å². The zero-order valence-electron chi connectivity index (χ0n) is 21.8. The van der Waals surface area contributed by atoms with Crippen LogP contribution in [-0.4, -0.2) is 39.7 Å². The maximum Gasteiger partial charge on any atom is 0.181 e. The highest BCUT2D eigenvalue weighted by Crippen LogP contribution is 2.32. The van der Waals surface area contributed by atoms with Gasteiger partial charge < -0.3 is 10.3 Å². The van der Waals surface area contributed by atoms with Gasteiger partial charge in [0.25, 0.3) is 0 Å². The second kappa shape index (κ2) is 9.63. The summed E-state index contributed by atoms with van der Waals surface area (Å²) in [4.78, 5) is 21.5. The maximum absolute atomic E-state index is 4.63. The van der Waals surface area contributed by atoms with Crippen LogP contribution in [0.15, 0.2) is 104 Å². The number of aromatic nitrogens is 8. The number of aryl methyl sites for hydroxylation is 1. The molecule has 0 aliphatic heterocycles. The fraction of sp³-hybridized carbons (Fsp3) is 0.0645. The fourth-order valence-electron chi connectivity index (χ4n) is 4.94. The molecule has 3 N–H and O–H groups in total. The summed E-state index contributed by atoms with van der Waals surface area (Å²) < 4.78 is 1.93. The van der Waals surface area contributed by atoms with Gasteiger partial charge in [-0.3, -0.25) is 14.6 Å². The molecular formula is C31H25N9. The van der Waals surface area contributed by atoms with Gasteiger partial charge in [0.1, 0.15) is 12.1 Å². The molecule has 0 radical (unpaired) electrons. The molecule has 194 valence electrons. The van der Waals surface area contributed by atoms with Gasteiger partial charge in [0.05, 0.1) is 34.5 Å². The van der Waals surface area contributed by atoms with Gasteiger partial charge in [-0.25, -0.2) is 15.0 Å². The van der Waals surface area contributed by atoms with Crippen LogP contribution in [0, 0.1) is 6.92 Å². The second-order valence-corrected chi connectivity index (χ2v) is 9.75. The van der Waals surface area contributed by atoms with Crippen molar-refractivity contribution in [1.29, 1.82) is 0 Å². The van der Waals surface area contributed by atoms with Crippen molar-refractivity contribution in [3.05, 3.63) is 115 Å². The van der Waals surface area contributed by atoms with Gasteiger partial charge in [-0.05, 0) is 36.8 Å². The highest BCUT2D eigenvalue weighted by Gasteiger charge is 2.15. The van der Waals surface area contributed by atoms with E-state index in [1.54, 1.807) is 18.7 Å². The molecule has 6 heterocycles. The summed E-state index contributed by atoms with van der Waals surface area (Å²) in [6.07, 6.45) is 11.7. The van der Waals surface area contributed by atoms with Gasteiger partial charge in [-0.1, -0.05) is 36.9 Å². The first-order valence-corrected chi connectivity index (χ1v) is 12.9. The Hall–Kier alpha value is -5.57. The molecule has 6 aromatic heterocycles. The third-order valence-corrected chi connectivity index (χ3v) is 6.82. The van der Waals surface area contributed by atoms with Crippen LogP contribution < -0.4 is 5.32 Å². The highest BCUT2D eigenvalue weighted by molar-refractivity contribution is 5.97. The fourth-order valence-corrected chi connectivity index (χ4v) is 4.94. The molecule has 0 atom stereocenters. The summed E-state index contributed by atoms with van der Waals surface area (Å²) >= 11 is 0. The van der Waals surface area contributed by atoms with E-state index in [-0.39, 0.29) is 0 Å². The molecule has 7 aromatic rings. The molecule has 1 aromatic carbocycles. The predicted octanol–water partition coefficient (Wildman–Crippen LogP) is 6.23. The third kappa shape index (κ3) is 4.39. The van der Waals surface area contributed by atoms with Gasteiger partial charge in [0.15, 0.2) is 5.65 Å². The van der Waals surface area contributed by atoms with Crippen molar-refractivity contribution in [2.24, 2.45) is 0 Å². The van der Waals surface area contributed by atoms with E-state index < -0.39 is 0 Å². The monoisotopic (exact) mass is 523 g/mol. The van der Waals surface area contributed by atoms with Crippen molar-refractivity contribution in [3.8, 4) is 28.3 Å². The summed E-state index contributed by atoms with van der Waals surface area (Å²) in [5, 5.41) is 12.9. The van der Waals surface area contributed by atoms with E-state index >= 15 is 0 Å². The number of H-pyrrole nitrogens is 2. The average Bonchev–Trinajstić information content (AvgIpc) is 3.71. The Labute approximate surface area is 229 Å². The van der Waals surface area contributed by atoms with Gasteiger partial charge in [0.2, 0.25) is 0 Å². The van der Waals surface area contributed by atoms with E-state index in [2.05, 4.69) is 77.3 Å². The van der Waals surface area contributed by atoms with Crippen molar-refractivity contribution in [3.63, 3.8) is 0 Å². The Balaban J connectivity index is 1.21. The predicted molar refractivity (Wildman–Crippen MR) is 157 cm³/mol. The minimum Gasteiger partial charge on any atom is -0.358 e. The molecule has 9 nitrogen and oxygen atoms in total. The van der Waals surface area contributed by atoms with Gasteiger partial charge in [-0.2, -0.15) is 5.10 Å². The normalized spacial score (nSPS) is 11.3. The number of aromatic amines is 2. The van der Waals surface area contributed by atoms with Crippen molar-refractivity contribution in [1.82, 2.24) is 39.7 Å². The van der Waals surface area contributed by atoms with Crippen LogP contribution in [0.5, 0.6) is 0 Å².